The third kappa shape index (κ3) is 46.6. The maximum absolute atomic E-state index is 13.9. The lowest BCUT2D eigenvalue weighted by atomic mass is 10.2. The van der Waals surface area contributed by atoms with Crippen LogP contribution in [0.3, 0.4) is 0 Å². The first-order chi connectivity index (χ1) is 24.8. The molecular weight excluding hydrogens is 899 g/mol. The van der Waals surface area contributed by atoms with Crippen LogP contribution >= 0.6 is 89.6 Å². The molecule has 0 amide bonds. The Bertz CT molecular complexity index is 858. The van der Waals surface area contributed by atoms with Crippen molar-refractivity contribution in [3.63, 3.8) is 0 Å². The Kier molecular flexibility index (Phi) is 68.1. The zero-order valence-corrected chi connectivity index (χ0v) is 41.9. The predicted molar refractivity (Wildman–Crippen MR) is 260 cm³/mol. The maximum atomic E-state index is 13.9. The van der Waals surface area contributed by atoms with E-state index >= 15 is 0 Å². The van der Waals surface area contributed by atoms with Crippen LogP contribution in [0.4, 0.5) is 0 Å². The predicted octanol–water partition coefficient (Wildman–Crippen LogP) is 9.41. The minimum Gasteiger partial charge on any atom is -0.330 e. The Morgan fingerprint density at radius 3 is 1.00 bits per heavy atom. The van der Waals surface area contributed by atoms with Gasteiger partial charge in [-0.25, -0.2) is 0 Å². The second-order valence-electron chi connectivity index (χ2n) is 13.1. The van der Waals surface area contributed by atoms with E-state index in [0.717, 1.165) is 64.7 Å². The van der Waals surface area contributed by atoms with E-state index in [4.69, 9.17) is 41.0 Å². The molecule has 2 atom stereocenters. The second-order valence-corrected chi connectivity index (χ2v) is 17.5. The van der Waals surface area contributed by atoms with E-state index in [1.807, 2.05) is 0 Å². The van der Waals surface area contributed by atoms with Crippen molar-refractivity contribution >= 4 is 89.6 Å². The second kappa shape index (κ2) is 53.4. The summed E-state index contributed by atoms with van der Waals surface area (Å²) in [6.07, 6.45) is 23.5. The molecule has 0 aliphatic rings. The van der Waals surface area contributed by atoms with E-state index in [1.165, 1.54) is 38.5 Å². The Morgan fingerprint density at radius 1 is 0.404 bits per heavy atom. The summed E-state index contributed by atoms with van der Waals surface area (Å²) < 4.78 is 51.8. The van der Waals surface area contributed by atoms with E-state index < -0.39 is 15.2 Å². The van der Waals surface area contributed by atoms with Crippen LogP contribution in [0.5, 0.6) is 0 Å². The first-order valence-electron chi connectivity index (χ1n) is 20.1. The van der Waals surface area contributed by atoms with Crippen LogP contribution in [0.2, 0.25) is 0 Å². The summed E-state index contributed by atoms with van der Waals surface area (Å²) in [6, 6.07) is 0. The molecule has 12 nitrogen and oxygen atoms in total. The molecular formula is C37H86Cl6N6O6P2. The lowest BCUT2D eigenvalue weighted by Gasteiger charge is -2.26. The van der Waals surface area contributed by atoms with E-state index in [0.29, 0.717) is 71.7 Å². The first kappa shape index (κ1) is 72.7. The Labute approximate surface area is 386 Å². The lowest BCUT2D eigenvalue weighted by Crippen LogP contribution is -2.31. The third-order valence-electron chi connectivity index (χ3n) is 8.39. The molecule has 0 aromatic heterocycles. The standard InChI is InChI=1S/C37H80N6O6P2.6ClH/c1-3-5-7-9-11-13-15-32-46-50(44,36-30-42(26-17-22-38)27-18-23-39)48-34-21-35-49-51(45,47-33-16-14-12-10-8-6-4-2)37-31-43(28-19-24-40)29-20-25-41;;;;;;/h11-14H,3-10,15-41H2,1-2H3;6*1H/b13-11-,14-12-;;;;;;. The quantitative estimate of drug-likeness (QED) is 0.0260. The van der Waals surface area contributed by atoms with Gasteiger partial charge < -0.3 is 50.8 Å². The number of hydrogen-bond acceptors (Lipinski definition) is 12. The van der Waals surface area contributed by atoms with Crippen LogP contribution < -0.4 is 22.9 Å². The van der Waals surface area contributed by atoms with Crippen molar-refractivity contribution in [2.24, 2.45) is 22.9 Å². The third-order valence-corrected chi connectivity index (χ3v) is 12.2. The molecule has 0 rings (SSSR count). The number of nitrogens with zero attached hydrogens (tertiary/aromatic N) is 2. The fourth-order valence-electron chi connectivity index (χ4n) is 5.27. The van der Waals surface area contributed by atoms with Gasteiger partial charge in [-0.1, -0.05) is 63.8 Å². The van der Waals surface area contributed by atoms with E-state index in [-0.39, 0.29) is 100.0 Å². The zero-order chi connectivity index (χ0) is 37.7. The van der Waals surface area contributed by atoms with Gasteiger partial charge in [0.1, 0.15) is 0 Å². The first-order valence-corrected chi connectivity index (χ1v) is 23.6. The molecule has 0 radical (unpaired) electrons. The molecule has 57 heavy (non-hydrogen) atoms. The van der Waals surface area contributed by atoms with E-state index in [1.54, 1.807) is 0 Å². The number of nitrogens with two attached hydrogens (primary N) is 4. The summed E-state index contributed by atoms with van der Waals surface area (Å²) in [5.74, 6) is 0. The smallest absolute Gasteiger partial charge is 0.330 e. The van der Waals surface area contributed by atoms with Crippen LogP contribution in [0.25, 0.3) is 0 Å². The Hall–Kier alpha value is 1.28. The largest absolute Gasteiger partial charge is 0.331 e. The van der Waals surface area contributed by atoms with Gasteiger partial charge in [-0.2, -0.15) is 0 Å². The number of unbranched alkanes of at least 4 members (excludes halogenated alkanes) is 6. The van der Waals surface area contributed by atoms with Crippen LogP contribution in [0.1, 0.15) is 110 Å². The molecule has 352 valence electrons. The van der Waals surface area contributed by atoms with Gasteiger partial charge in [0.05, 0.1) is 38.8 Å². The summed E-state index contributed by atoms with van der Waals surface area (Å²) >= 11 is 0. The van der Waals surface area contributed by atoms with Gasteiger partial charge in [-0.15, -0.1) is 74.4 Å². The maximum Gasteiger partial charge on any atom is 0.331 e. The van der Waals surface area contributed by atoms with Crippen LogP contribution in [0.15, 0.2) is 24.3 Å². The SMILES string of the molecule is CCCCC/C=C\CCOP(=O)(CCN(CCCN)CCCN)OCCCOP(=O)(CCN(CCCN)CCCN)OCC/C=C\CCCCC.Cl.Cl.Cl.Cl.Cl.Cl. The number of hydrogen-bond donors (Lipinski definition) is 4. The van der Waals surface area contributed by atoms with Crippen molar-refractivity contribution in [1.82, 2.24) is 9.80 Å². The monoisotopic (exact) mass is 982 g/mol. The normalized spacial score (nSPS) is 13.2. The highest BCUT2D eigenvalue weighted by Crippen LogP contribution is 2.50. The van der Waals surface area contributed by atoms with Gasteiger partial charge in [-0.05, 0) is 123 Å². The van der Waals surface area contributed by atoms with Crippen molar-refractivity contribution in [3.05, 3.63) is 24.3 Å². The highest BCUT2D eigenvalue weighted by Gasteiger charge is 2.27. The summed E-state index contributed by atoms with van der Waals surface area (Å²) in [5.41, 5.74) is 23.0. The van der Waals surface area contributed by atoms with Crippen molar-refractivity contribution in [1.29, 1.82) is 0 Å². The van der Waals surface area contributed by atoms with Crippen molar-refractivity contribution in [2.45, 2.75) is 110 Å². The zero-order valence-electron chi connectivity index (χ0n) is 35.2. The van der Waals surface area contributed by atoms with Crippen LogP contribution in [-0.4, -0.2) is 114 Å². The Balaban J connectivity index is -0.000000833. The highest BCUT2D eigenvalue weighted by molar-refractivity contribution is 7.54. The minimum absolute atomic E-state index is 0. The van der Waals surface area contributed by atoms with E-state index in [2.05, 4.69) is 48.0 Å². The molecule has 0 aromatic rings. The molecule has 0 saturated carbocycles. The summed E-state index contributed by atoms with van der Waals surface area (Å²) in [7, 11) is -6.79. The summed E-state index contributed by atoms with van der Waals surface area (Å²) in [5, 5.41) is 0. The van der Waals surface area contributed by atoms with Crippen molar-refractivity contribution in [3.8, 4) is 0 Å². The fourth-order valence-corrected chi connectivity index (χ4v) is 8.58. The van der Waals surface area contributed by atoms with Gasteiger partial charge in [-0.3, -0.25) is 9.13 Å². The molecule has 0 aliphatic heterocycles. The van der Waals surface area contributed by atoms with Gasteiger partial charge in [0.2, 0.25) is 0 Å². The fraction of sp³-hybridized carbons (Fsp3) is 0.892. The number of halogens is 6. The van der Waals surface area contributed by atoms with Gasteiger partial charge >= 0.3 is 15.2 Å². The number of allylic oxidation sites excluding steroid dienone is 2. The molecule has 0 aliphatic carbocycles. The molecule has 0 saturated heterocycles. The van der Waals surface area contributed by atoms with Gasteiger partial charge in [0, 0.05) is 13.1 Å². The topological polar surface area (TPSA) is 182 Å². The number of rotatable bonds is 40. The van der Waals surface area contributed by atoms with Crippen LogP contribution in [0, 0.1) is 0 Å². The van der Waals surface area contributed by atoms with Gasteiger partial charge in [0.25, 0.3) is 0 Å². The van der Waals surface area contributed by atoms with Crippen molar-refractivity contribution in [2.75, 3.05) is 104 Å². The van der Waals surface area contributed by atoms with Crippen LogP contribution in [-0.2, 0) is 27.2 Å². The molecule has 0 heterocycles. The molecule has 0 bridgehead atoms. The molecule has 0 fully saturated rings. The molecule has 2 unspecified atom stereocenters. The van der Waals surface area contributed by atoms with Crippen molar-refractivity contribution < 1.29 is 27.2 Å². The molecule has 8 N–H and O–H groups in total. The molecule has 20 heteroatoms. The average molecular weight is 986 g/mol. The lowest BCUT2D eigenvalue weighted by molar-refractivity contribution is 0.169. The van der Waals surface area contributed by atoms with Gasteiger partial charge in [0.15, 0.2) is 0 Å². The minimum atomic E-state index is -3.40. The van der Waals surface area contributed by atoms with E-state index in [9.17, 15) is 9.13 Å². The highest BCUT2D eigenvalue weighted by atomic mass is 35.5. The average Bonchev–Trinajstić information content (AvgIpc) is 3.13. The summed E-state index contributed by atoms with van der Waals surface area (Å²) in [6.45, 7) is 12.1. The molecule has 0 aromatic carbocycles. The summed E-state index contributed by atoms with van der Waals surface area (Å²) in [4.78, 5) is 4.46. The molecule has 0 spiro atoms. The Morgan fingerprint density at radius 2 is 0.702 bits per heavy atom.